The molecule has 1 aromatic carbocycles. The summed E-state index contributed by atoms with van der Waals surface area (Å²) in [6.07, 6.45) is 4.26. The van der Waals surface area contributed by atoms with Crippen LogP contribution < -0.4 is 10.5 Å². The van der Waals surface area contributed by atoms with Crippen LogP contribution >= 0.6 is 0 Å². The van der Waals surface area contributed by atoms with Crippen LogP contribution in [-0.2, 0) is 10.0 Å². The fourth-order valence-corrected chi connectivity index (χ4v) is 3.68. The number of aliphatic hydroxyl groups excluding tert-OH is 1. The molecule has 0 aliphatic heterocycles. The summed E-state index contributed by atoms with van der Waals surface area (Å²) in [5, 5.41) is 13.1. The lowest BCUT2D eigenvalue weighted by atomic mass is 10.1. The summed E-state index contributed by atoms with van der Waals surface area (Å²) < 4.78 is 28.8. The van der Waals surface area contributed by atoms with Crippen LogP contribution in [0.2, 0.25) is 0 Å². The smallest absolute Gasteiger partial charge is 0.240 e. The Kier molecular flexibility index (Phi) is 5.17. The van der Waals surface area contributed by atoms with Crippen LogP contribution in [0.4, 0.5) is 5.82 Å². The number of aryl methyl sites for hydroxylation is 1. The molecule has 0 saturated heterocycles. The van der Waals surface area contributed by atoms with Crippen LogP contribution in [0.15, 0.2) is 41.9 Å². The summed E-state index contributed by atoms with van der Waals surface area (Å²) in [5.74, 6) is 0.466. The number of nitrogens with one attached hydrogen (secondary N) is 1. The van der Waals surface area contributed by atoms with Crippen molar-refractivity contribution in [3.63, 3.8) is 0 Å². The van der Waals surface area contributed by atoms with E-state index in [0.29, 0.717) is 17.1 Å². The Morgan fingerprint density at radius 2 is 2.15 bits per heavy atom. The highest BCUT2D eigenvalue weighted by molar-refractivity contribution is 7.89. The fraction of sp³-hybridized carbons (Fsp3) is 0.250. The summed E-state index contributed by atoms with van der Waals surface area (Å²) in [5.41, 5.74) is 7.72. The van der Waals surface area contributed by atoms with E-state index in [4.69, 9.17) is 10.8 Å². The number of nitrogen functional groups attached to an aromatic ring is 1. The molecule has 1 unspecified atom stereocenters. The van der Waals surface area contributed by atoms with Crippen LogP contribution in [-0.4, -0.2) is 50.9 Å². The molecule has 4 N–H and O–H groups in total. The molecule has 0 aliphatic rings. The first kappa shape index (κ1) is 18.9. The molecule has 0 amide bonds. The van der Waals surface area contributed by atoms with Crippen molar-refractivity contribution in [3.8, 4) is 17.1 Å². The Morgan fingerprint density at radius 3 is 2.81 bits per heavy atom. The fourth-order valence-electron chi connectivity index (χ4n) is 2.42. The van der Waals surface area contributed by atoms with Crippen molar-refractivity contribution in [2.45, 2.75) is 24.8 Å². The van der Waals surface area contributed by atoms with Gasteiger partial charge in [-0.15, -0.1) is 0 Å². The summed E-state index contributed by atoms with van der Waals surface area (Å²) in [6, 6.07) is 4.08. The van der Waals surface area contributed by atoms with E-state index in [1.54, 1.807) is 13.0 Å². The van der Waals surface area contributed by atoms with E-state index < -0.39 is 16.1 Å². The van der Waals surface area contributed by atoms with Crippen LogP contribution in [0.3, 0.4) is 0 Å². The van der Waals surface area contributed by atoms with Crippen LogP contribution in [0.25, 0.3) is 17.1 Å². The van der Waals surface area contributed by atoms with Crippen LogP contribution in [0, 0.1) is 6.92 Å². The Hall–Kier alpha value is -2.89. The minimum Gasteiger partial charge on any atom is -0.395 e. The lowest BCUT2D eigenvalue weighted by Crippen LogP contribution is -2.35. The van der Waals surface area contributed by atoms with Gasteiger partial charge in [-0.2, -0.15) is 9.78 Å². The van der Waals surface area contributed by atoms with Gasteiger partial charge in [-0.25, -0.2) is 28.1 Å². The second kappa shape index (κ2) is 7.39. The van der Waals surface area contributed by atoms with Gasteiger partial charge in [0, 0.05) is 11.6 Å². The highest BCUT2D eigenvalue weighted by atomic mass is 32.2. The van der Waals surface area contributed by atoms with Gasteiger partial charge in [-0.05, 0) is 31.5 Å². The van der Waals surface area contributed by atoms with Crippen molar-refractivity contribution in [1.82, 2.24) is 29.5 Å². The molecule has 3 rings (SSSR count). The predicted molar refractivity (Wildman–Crippen MR) is 98.4 cm³/mol. The average Bonchev–Trinajstić information content (AvgIpc) is 3.16. The van der Waals surface area contributed by atoms with Crippen molar-refractivity contribution in [2.75, 3.05) is 12.3 Å². The number of nitrogens with zero attached hydrogens (tertiary/aromatic N) is 5. The van der Waals surface area contributed by atoms with E-state index in [1.807, 2.05) is 6.92 Å². The molecule has 27 heavy (non-hydrogen) atoms. The quantitative estimate of drug-likeness (QED) is 0.544. The summed E-state index contributed by atoms with van der Waals surface area (Å²) >= 11 is 0. The summed E-state index contributed by atoms with van der Waals surface area (Å²) in [7, 11) is -3.79. The third-order valence-electron chi connectivity index (χ3n) is 3.84. The molecule has 0 fully saturated rings. The highest BCUT2D eigenvalue weighted by Crippen LogP contribution is 2.26. The molecule has 3 aromatic rings. The number of aromatic nitrogens is 5. The highest BCUT2D eigenvalue weighted by Gasteiger charge is 2.19. The number of anilines is 1. The molecule has 11 heteroatoms. The van der Waals surface area contributed by atoms with Crippen LogP contribution in [0.1, 0.15) is 12.5 Å². The van der Waals surface area contributed by atoms with E-state index in [0.717, 1.165) is 5.56 Å². The molecule has 1 atom stereocenters. The maximum absolute atomic E-state index is 12.5. The SMILES string of the molecule is Cc1ccc(S(=O)(=O)NC(C)CO)cc1-c1cnc(N)c(-n2cncn2)n1. The minimum atomic E-state index is -3.79. The number of aliphatic hydroxyl groups is 1. The Labute approximate surface area is 156 Å². The summed E-state index contributed by atoms with van der Waals surface area (Å²) in [4.78, 5) is 12.5. The normalized spacial score (nSPS) is 12.9. The molecule has 0 saturated carbocycles. The zero-order chi connectivity index (χ0) is 19.6. The number of nitrogens with two attached hydrogens (primary N) is 1. The van der Waals surface area contributed by atoms with Gasteiger partial charge in [0.1, 0.15) is 12.7 Å². The van der Waals surface area contributed by atoms with Crippen molar-refractivity contribution in [1.29, 1.82) is 0 Å². The lowest BCUT2D eigenvalue weighted by Gasteiger charge is -2.14. The molecule has 0 aliphatic carbocycles. The Bertz CT molecular complexity index is 1050. The van der Waals surface area contributed by atoms with Gasteiger partial charge in [-0.1, -0.05) is 6.07 Å². The Balaban J connectivity index is 2.07. The lowest BCUT2D eigenvalue weighted by molar-refractivity contribution is 0.265. The second-order valence-corrected chi connectivity index (χ2v) is 7.70. The molecule has 0 bridgehead atoms. The van der Waals surface area contributed by atoms with Gasteiger partial charge in [0.2, 0.25) is 10.0 Å². The maximum atomic E-state index is 12.5. The second-order valence-electron chi connectivity index (χ2n) is 5.99. The van der Waals surface area contributed by atoms with Crippen molar-refractivity contribution in [3.05, 3.63) is 42.6 Å². The predicted octanol–water partition coefficient (Wildman–Crippen LogP) is 0.274. The van der Waals surface area contributed by atoms with E-state index >= 15 is 0 Å². The van der Waals surface area contributed by atoms with E-state index in [1.165, 1.54) is 35.7 Å². The zero-order valence-corrected chi connectivity index (χ0v) is 15.6. The first-order valence-corrected chi connectivity index (χ1v) is 9.52. The number of hydrogen-bond acceptors (Lipinski definition) is 8. The van der Waals surface area contributed by atoms with E-state index in [9.17, 15) is 8.42 Å². The van der Waals surface area contributed by atoms with Gasteiger partial charge in [0.25, 0.3) is 0 Å². The average molecular weight is 389 g/mol. The minimum absolute atomic E-state index is 0.0596. The van der Waals surface area contributed by atoms with Crippen molar-refractivity contribution >= 4 is 15.8 Å². The molecular formula is C16H19N7O3S. The van der Waals surface area contributed by atoms with E-state index in [2.05, 4.69) is 24.8 Å². The first-order chi connectivity index (χ1) is 12.8. The Morgan fingerprint density at radius 1 is 1.37 bits per heavy atom. The molecule has 0 spiro atoms. The van der Waals surface area contributed by atoms with Gasteiger partial charge in [0.05, 0.1) is 23.4 Å². The number of sulfonamides is 1. The monoisotopic (exact) mass is 389 g/mol. The molecular weight excluding hydrogens is 370 g/mol. The largest absolute Gasteiger partial charge is 0.395 e. The third-order valence-corrected chi connectivity index (χ3v) is 5.43. The molecule has 0 radical (unpaired) electrons. The van der Waals surface area contributed by atoms with E-state index in [-0.39, 0.29) is 17.3 Å². The topological polar surface area (TPSA) is 149 Å². The molecule has 142 valence electrons. The molecule has 10 nitrogen and oxygen atoms in total. The number of benzene rings is 1. The molecule has 2 heterocycles. The maximum Gasteiger partial charge on any atom is 0.240 e. The third kappa shape index (κ3) is 3.94. The van der Waals surface area contributed by atoms with Gasteiger partial charge >= 0.3 is 0 Å². The van der Waals surface area contributed by atoms with Crippen molar-refractivity contribution < 1.29 is 13.5 Å². The standard InChI is InChI=1S/C16H19N7O3S/c1-10-3-4-12(27(25,26)22-11(2)7-24)5-13(10)14-6-19-15(17)16(21-14)23-9-18-8-20-23/h3-6,8-9,11,22,24H,7H2,1-2H3,(H2,17,19). The van der Waals surface area contributed by atoms with Gasteiger partial charge < -0.3 is 10.8 Å². The zero-order valence-electron chi connectivity index (χ0n) is 14.7. The summed E-state index contributed by atoms with van der Waals surface area (Å²) in [6.45, 7) is 3.10. The van der Waals surface area contributed by atoms with Crippen LogP contribution in [0.5, 0.6) is 0 Å². The number of hydrogen-bond donors (Lipinski definition) is 3. The van der Waals surface area contributed by atoms with Gasteiger partial charge in [-0.3, -0.25) is 0 Å². The van der Waals surface area contributed by atoms with Crippen molar-refractivity contribution in [2.24, 2.45) is 0 Å². The van der Waals surface area contributed by atoms with Gasteiger partial charge in [0.15, 0.2) is 11.6 Å². The first-order valence-electron chi connectivity index (χ1n) is 8.03. The molecule has 2 aromatic heterocycles. The number of rotatable bonds is 6.